The Bertz CT molecular complexity index is 2200. The van der Waals surface area contributed by atoms with Crippen molar-refractivity contribution in [2.24, 2.45) is 0 Å². The molecule has 1 nitrogen and oxygen atoms in total. The van der Waals surface area contributed by atoms with Gasteiger partial charge in [0.15, 0.2) is 0 Å². The summed E-state index contributed by atoms with van der Waals surface area (Å²) in [7, 11) is 0. The molecule has 4 heterocycles. The summed E-state index contributed by atoms with van der Waals surface area (Å²) in [6.07, 6.45) is 0.975. The van der Waals surface area contributed by atoms with Crippen molar-refractivity contribution in [1.82, 2.24) is 4.57 Å². The van der Waals surface area contributed by atoms with Crippen LogP contribution in [0.4, 0.5) is 0 Å². The fourth-order valence-corrected chi connectivity index (χ4v) is 8.81. The SMILES string of the molecule is Cc1cc2c3c(c1)C(c1ccccc1)(c1ccccc1)c1cccc4c1B3c1c(ccc3c5ccccc5n-2c13)C4. The summed E-state index contributed by atoms with van der Waals surface area (Å²) in [5, 5.41) is 2.72. The van der Waals surface area contributed by atoms with Crippen LogP contribution in [0.25, 0.3) is 27.5 Å². The molecule has 0 spiro atoms. The third-order valence-electron chi connectivity index (χ3n) is 10.2. The lowest BCUT2D eigenvalue weighted by Crippen LogP contribution is -2.67. The van der Waals surface area contributed by atoms with Crippen LogP contribution < -0.4 is 16.4 Å². The molecule has 0 saturated carbocycles. The first-order valence-electron chi connectivity index (χ1n) is 14.7. The summed E-state index contributed by atoms with van der Waals surface area (Å²) < 4.78 is 2.60. The Balaban J connectivity index is 1.50. The van der Waals surface area contributed by atoms with E-state index in [1.165, 1.54) is 82.8 Å². The van der Waals surface area contributed by atoms with E-state index in [1.54, 1.807) is 0 Å². The van der Waals surface area contributed by atoms with E-state index in [2.05, 4.69) is 139 Å². The van der Waals surface area contributed by atoms with Gasteiger partial charge in [0.2, 0.25) is 6.71 Å². The smallest absolute Gasteiger partial charge is 0.248 e. The van der Waals surface area contributed by atoms with Crippen LogP contribution in [0.15, 0.2) is 127 Å². The van der Waals surface area contributed by atoms with Gasteiger partial charge in [-0.15, -0.1) is 0 Å². The van der Waals surface area contributed by atoms with E-state index in [0.717, 1.165) is 6.42 Å². The molecular formula is C39H26BN. The molecule has 0 atom stereocenters. The molecule has 6 aromatic carbocycles. The number of para-hydroxylation sites is 1. The minimum Gasteiger partial charge on any atom is -0.310 e. The molecule has 7 aromatic rings. The van der Waals surface area contributed by atoms with Gasteiger partial charge in [-0.2, -0.15) is 0 Å². The highest BCUT2D eigenvalue weighted by Gasteiger charge is 2.53. The van der Waals surface area contributed by atoms with Gasteiger partial charge < -0.3 is 4.57 Å². The average Bonchev–Trinajstić information content (AvgIpc) is 3.36. The predicted molar refractivity (Wildman–Crippen MR) is 171 cm³/mol. The lowest BCUT2D eigenvalue weighted by molar-refractivity contribution is 0.747. The van der Waals surface area contributed by atoms with Gasteiger partial charge in [0.25, 0.3) is 0 Å². The Morgan fingerprint density at radius 1 is 0.585 bits per heavy atom. The quantitative estimate of drug-likeness (QED) is 0.229. The minimum absolute atomic E-state index is 0.233. The van der Waals surface area contributed by atoms with E-state index >= 15 is 0 Å². The number of hydrogen-bond acceptors (Lipinski definition) is 0. The molecule has 1 aromatic heterocycles. The Labute approximate surface area is 239 Å². The maximum absolute atomic E-state index is 2.60. The largest absolute Gasteiger partial charge is 0.310 e. The van der Waals surface area contributed by atoms with Crippen LogP contribution in [0.3, 0.4) is 0 Å². The Kier molecular flexibility index (Phi) is 4.00. The number of hydrogen-bond donors (Lipinski definition) is 0. The molecule has 3 aliphatic heterocycles. The highest BCUT2D eigenvalue weighted by atomic mass is 15.0. The molecule has 0 N–H and O–H groups in total. The third kappa shape index (κ3) is 2.47. The van der Waals surface area contributed by atoms with E-state index in [9.17, 15) is 0 Å². The summed E-state index contributed by atoms with van der Waals surface area (Å²) in [6.45, 7) is 2.51. The van der Waals surface area contributed by atoms with E-state index in [1.807, 2.05) is 0 Å². The zero-order valence-electron chi connectivity index (χ0n) is 22.9. The molecule has 0 aliphatic carbocycles. The highest BCUT2D eigenvalue weighted by molar-refractivity contribution is 7.00. The van der Waals surface area contributed by atoms with Crippen molar-refractivity contribution in [3.63, 3.8) is 0 Å². The van der Waals surface area contributed by atoms with Crippen molar-refractivity contribution in [1.29, 1.82) is 0 Å². The fraction of sp³-hybridized carbons (Fsp3) is 0.0769. The second-order valence-electron chi connectivity index (χ2n) is 12.1. The van der Waals surface area contributed by atoms with Crippen LogP contribution in [-0.4, -0.2) is 11.3 Å². The van der Waals surface area contributed by atoms with Crippen molar-refractivity contribution >= 4 is 44.9 Å². The topological polar surface area (TPSA) is 4.93 Å². The highest BCUT2D eigenvalue weighted by Crippen LogP contribution is 2.49. The summed E-state index contributed by atoms with van der Waals surface area (Å²) >= 11 is 0. The molecule has 0 unspecified atom stereocenters. The van der Waals surface area contributed by atoms with Gasteiger partial charge in [0.05, 0.1) is 10.9 Å². The van der Waals surface area contributed by atoms with Crippen molar-refractivity contribution in [2.45, 2.75) is 18.8 Å². The van der Waals surface area contributed by atoms with Gasteiger partial charge in [-0.05, 0) is 75.3 Å². The van der Waals surface area contributed by atoms with Crippen molar-refractivity contribution in [3.05, 3.63) is 166 Å². The molecule has 190 valence electrons. The summed E-state index contributed by atoms with van der Waals surface area (Å²) in [4.78, 5) is 0. The van der Waals surface area contributed by atoms with Gasteiger partial charge in [-0.1, -0.05) is 121 Å². The van der Waals surface area contributed by atoms with Crippen LogP contribution >= 0.6 is 0 Å². The Morgan fingerprint density at radius 3 is 2.07 bits per heavy atom. The van der Waals surface area contributed by atoms with Crippen molar-refractivity contribution < 1.29 is 0 Å². The van der Waals surface area contributed by atoms with Crippen LogP contribution in [0.2, 0.25) is 0 Å². The Morgan fingerprint density at radius 2 is 1.29 bits per heavy atom. The monoisotopic (exact) mass is 519 g/mol. The molecule has 3 aliphatic rings. The summed E-state index contributed by atoms with van der Waals surface area (Å²) in [5.74, 6) is 0. The number of fused-ring (bicyclic) bond motifs is 4. The average molecular weight is 519 g/mol. The number of nitrogens with zero attached hydrogens (tertiary/aromatic N) is 1. The number of benzene rings is 6. The van der Waals surface area contributed by atoms with Gasteiger partial charge >= 0.3 is 0 Å². The molecular weight excluding hydrogens is 493 g/mol. The molecule has 2 heteroatoms. The maximum Gasteiger partial charge on any atom is 0.248 e. The van der Waals surface area contributed by atoms with Gasteiger partial charge in [0, 0.05) is 22.0 Å². The van der Waals surface area contributed by atoms with Crippen molar-refractivity contribution in [3.8, 4) is 5.69 Å². The van der Waals surface area contributed by atoms with Crippen LogP contribution in [0, 0.1) is 6.92 Å². The first-order valence-corrected chi connectivity index (χ1v) is 14.7. The first kappa shape index (κ1) is 21.9. The predicted octanol–water partition coefficient (Wildman–Crippen LogP) is 6.52. The normalized spacial score (nSPS) is 15.0. The number of aryl methyl sites for hydroxylation is 1. The summed E-state index contributed by atoms with van der Waals surface area (Å²) in [6, 6.07) is 48.3. The fourth-order valence-electron chi connectivity index (χ4n) is 8.81. The van der Waals surface area contributed by atoms with Gasteiger partial charge in [0.1, 0.15) is 0 Å². The summed E-state index contributed by atoms with van der Waals surface area (Å²) in [5.41, 5.74) is 17.9. The van der Waals surface area contributed by atoms with E-state index in [0.29, 0.717) is 0 Å². The minimum atomic E-state index is -0.410. The zero-order chi connectivity index (χ0) is 26.9. The molecule has 41 heavy (non-hydrogen) atoms. The van der Waals surface area contributed by atoms with E-state index in [4.69, 9.17) is 0 Å². The molecule has 0 amide bonds. The van der Waals surface area contributed by atoms with Gasteiger partial charge in [-0.25, -0.2) is 0 Å². The first-order chi connectivity index (χ1) is 20.3. The van der Waals surface area contributed by atoms with Gasteiger partial charge in [-0.3, -0.25) is 0 Å². The number of aromatic nitrogens is 1. The van der Waals surface area contributed by atoms with Crippen LogP contribution in [0.1, 0.15) is 38.9 Å². The number of rotatable bonds is 2. The molecule has 0 radical (unpaired) electrons. The van der Waals surface area contributed by atoms with Crippen molar-refractivity contribution in [2.75, 3.05) is 0 Å². The molecule has 0 saturated heterocycles. The second kappa shape index (κ2) is 7.47. The lowest BCUT2D eigenvalue weighted by atomic mass is 9.27. The molecule has 0 bridgehead atoms. The molecule has 10 rings (SSSR count). The second-order valence-corrected chi connectivity index (χ2v) is 12.1. The standard InChI is InChI=1S/C39H26BN/c1-24-21-32-37-34(22-24)41-33-18-9-8-16-29(33)30-20-19-26-23-25-11-10-17-31(35(25)40(37)36(26)38(30)41)39(32,27-12-4-2-5-13-27)28-14-6-3-7-15-28/h2-22H,23H2,1H3. The van der Waals surface area contributed by atoms with Crippen LogP contribution in [0.5, 0.6) is 0 Å². The third-order valence-corrected chi connectivity index (χ3v) is 10.2. The maximum atomic E-state index is 2.60. The molecule has 0 fully saturated rings. The van der Waals surface area contributed by atoms with Crippen LogP contribution in [-0.2, 0) is 11.8 Å². The zero-order valence-corrected chi connectivity index (χ0v) is 22.9. The Hall–Kier alpha value is -4.82. The van der Waals surface area contributed by atoms with E-state index < -0.39 is 5.41 Å². The lowest BCUT2D eigenvalue weighted by Gasteiger charge is -2.48. The van der Waals surface area contributed by atoms with E-state index in [-0.39, 0.29) is 6.71 Å².